The Labute approximate surface area is 219 Å². The van der Waals surface area contributed by atoms with Crippen molar-refractivity contribution in [1.29, 1.82) is 0 Å². The maximum absolute atomic E-state index is 6.78. The van der Waals surface area contributed by atoms with Gasteiger partial charge in [0.2, 0.25) is 0 Å². The fourth-order valence-corrected chi connectivity index (χ4v) is 6.67. The van der Waals surface area contributed by atoms with Crippen LogP contribution < -0.4 is 10.6 Å². The summed E-state index contributed by atoms with van der Waals surface area (Å²) in [4.78, 5) is 2.29. The topological polar surface area (TPSA) is 29.3 Å². The first-order valence-electron chi connectivity index (χ1n) is 13.3. The highest BCUT2D eigenvalue weighted by molar-refractivity contribution is 5.90. The number of hydrogen-bond acceptors (Lipinski definition) is 2. The van der Waals surface area contributed by atoms with Crippen molar-refractivity contribution in [3.63, 3.8) is 0 Å². The van der Waals surface area contributed by atoms with Crippen molar-refractivity contribution in [1.82, 2.24) is 0 Å². The van der Waals surface area contributed by atoms with Crippen LogP contribution in [-0.4, -0.2) is 0 Å². The number of nitrogens with zero attached hydrogens (tertiary/aromatic N) is 1. The number of anilines is 4. The van der Waals surface area contributed by atoms with Crippen LogP contribution in [0.3, 0.4) is 0 Å². The van der Waals surface area contributed by atoms with Crippen molar-refractivity contribution in [2.75, 3.05) is 10.6 Å². The van der Waals surface area contributed by atoms with Gasteiger partial charge in [-0.1, -0.05) is 85.6 Å². The predicted octanol–water partition coefficient (Wildman–Crippen LogP) is 9.25. The Balaban J connectivity index is 1.31. The quantitative estimate of drug-likeness (QED) is 0.261. The van der Waals surface area contributed by atoms with Crippen molar-refractivity contribution in [3.8, 4) is 22.3 Å². The van der Waals surface area contributed by atoms with Crippen LogP contribution in [0.15, 0.2) is 121 Å². The molecule has 0 saturated heterocycles. The first-order chi connectivity index (χ1) is 18.2. The molecule has 2 N–H and O–H groups in total. The van der Waals surface area contributed by atoms with Gasteiger partial charge in [-0.2, -0.15) is 0 Å². The molecule has 0 radical (unpaired) electrons. The van der Waals surface area contributed by atoms with Gasteiger partial charge in [-0.15, -0.1) is 0 Å². The van der Waals surface area contributed by atoms with Crippen molar-refractivity contribution in [2.45, 2.75) is 31.1 Å². The molecule has 0 amide bonds. The molecule has 37 heavy (non-hydrogen) atoms. The Bertz CT molecular complexity index is 1520. The average molecular weight is 479 g/mol. The molecule has 2 aliphatic rings. The van der Waals surface area contributed by atoms with Crippen LogP contribution in [-0.2, 0) is 5.41 Å². The maximum atomic E-state index is 6.78. The van der Waals surface area contributed by atoms with Gasteiger partial charge in [0.15, 0.2) is 0 Å². The summed E-state index contributed by atoms with van der Waals surface area (Å²) >= 11 is 0. The van der Waals surface area contributed by atoms with E-state index in [1.807, 2.05) is 0 Å². The number of fused-ring (bicyclic) bond motifs is 5. The second kappa shape index (κ2) is 8.67. The zero-order valence-electron chi connectivity index (χ0n) is 20.9. The van der Waals surface area contributed by atoms with Gasteiger partial charge < -0.3 is 10.6 Å². The van der Waals surface area contributed by atoms with Gasteiger partial charge in [0.1, 0.15) is 0 Å². The zero-order chi connectivity index (χ0) is 24.8. The van der Waals surface area contributed by atoms with E-state index in [1.165, 1.54) is 47.9 Å². The van der Waals surface area contributed by atoms with Crippen molar-refractivity contribution in [3.05, 3.63) is 132 Å². The van der Waals surface area contributed by atoms with Crippen LogP contribution in [0.5, 0.6) is 0 Å². The molecular weight excluding hydrogens is 448 g/mol. The Hall–Kier alpha value is -4.30. The molecule has 7 rings (SSSR count). The lowest BCUT2D eigenvalue weighted by molar-refractivity contribution is 0.550. The fraction of sp³-hybridized carbons (Fsp3) is 0.143. The number of rotatable bonds is 4. The summed E-state index contributed by atoms with van der Waals surface area (Å²) in [5.41, 5.74) is 19.1. The Kier molecular flexibility index (Phi) is 5.14. The maximum Gasteiger partial charge on any atom is 0.0462 e. The van der Waals surface area contributed by atoms with Crippen LogP contribution in [0.1, 0.15) is 36.8 Å². The highest BCUT2D eigenvalue weighted by atomic mass is 15.1. The second-order valence-corrected chi connectivity index (χ2v) is 10.4. The highest BCUT2D eigenvalue weighted by Gasteiger charge is 2.45. The van der Waals surface area contributed by atoms with E-state index in [2.05, 4.69) is 126 Å². The molecule has 0 heterocycles. The molecule has 2 aliphatic carbocycles. The molecule has 5 aromatic rings. The van der Waals surface area contributed by atoms with E-state index in [1.54, 1.807) is 0 Å². The first-order valence-corrected chi connectivity index (χ1v) is 13.3. The lowest BCUT2D eigenvalue weighted by Crippen LogP contribution is -2.20. The third-order valence-corrected chi connectivity index (χ3v) is 8.36. The van der Waals surface area contributed by atoms with Gasteiger partial charge in [-0.3, -0.25) is 0 Å². The van der Waals surface area contributed by atoms with Crippen LogP contribution in [0.2, 0.25) is 0 Å². The number of para-hydroxylation sites is 2. The molecule has 1 spiro atoms. The van der Waals surface area contributed by atoms with Gasteiger partial charge in [0.05, 0.1) is 0 Å². The third-order valence-electron chi connectivity index (χ3n) is 8.36. The summed E-state index contributed by atoms with van der Waals surface area (Å²) in [6, 6.07) is 43.5. The molecule has 5 aromatic carbocycles. The van der Waals surface area contributed by atoms with E-state index in [4.69, 9.17) is 5.73 Å². The zero-order valence-corrected chi connectivity index (χ0v) is 20.9. The molecule has 1 saturated carbocycles. The van der Waals surface area contributed by atoms with Crippen LogP contribution in [0.4, 0.5) is 22.7 Å². The summed E-state index contributed by atoms with van der Waals surface area (Å²) in [5.74, 6) is 0. The van der Waals surface area contributed by atoms with Gasteiger partial charge in [0, 0.05) is 33.7 Å². The molecule has 0 atom stereocenters. The first kappa shape index (κ1) is 21.9. The smallest absolute Gasteiger partial charge is 0.0462 e. The van der Waals surface area contributed by atoms with Gasteiger partial charge in [-0.25, -0.2) is 0 Å². The average Bonchev–Trinajstić information content (AvgIpc) is 3.55. The minimum atomic E-state index is 0.147. The normalized spacial score (nSPS) is 14.9. The van der Waals surface area contributed by atoms with E-state index < -0.39 is 0 Å². The second-order valence-electron chi connectivity index (χ2n) is 10.4. The van der Waals surface area contributed by atoms with Crippen LogP contribution in [0.25, 0.3) is 22.3 Å². The van der Waals surface area contributed by atoms with Crippen molar-refractivity contribution >= 4 is 22.7 Å². The molecule has 0 unspecified atom stereocenters. The predicted molar refractivity (Wildman–Crippen MR) is 156 cm³/mol. The Morgan fingerprint density at radius 3 is 1.73 bits per heavy atom. The minimum absolute atomic E-state index is 0.147. The molecular formula is C35H30N2. The van der Waals surface area contributed by atoms with Crippen molar-refractivity contribution in [2.24, 2.45) is 0 Å². The Morgan fingerprint density at radius 1 is 0.514 bits per heavy atom. The largest absolute Gasteiger partial charge is 0.398 e. The molecule has 0 aliphatic heterocycles. The fourth-order valence-electron chi connectivity index (χ4n) is 6.67. The molecule has 180 valence electrons. The summed E-state index contributed by atoms with van der Waals surface area (Å²) in [7, 11) is 0. The van der Waals surface area contributed by atoms with E-state index >= 15 is 0 Å². The molecule has 1 fully saturated rings. The number of nitrogen functional groups attached to an aromatic ring is 1. The highest BCUT2D eigenvalue weighted by Crippen LogP contribution is 2.58. The summed E-state index contributed by atoms with van der Waals surface area (Å²) in [5, 5.41) is 0. The monoisotopic (exact) mass is 478 g/mol. The van der Waals surface area contributed by atoms with E-state index in [9.17, 15) is 0 Å². The molecule has 0 aromatic heterocycles. The standard InChI is InChI=1S/C35H30N2/c36-34-24-33-31(29-15-7-8-16-32(29)35(33)21-9-10-22-35)23-30(34)25-17-19-28(20-18-25)37(26-11-3-1-4-12-26)27-13-5-2-6-14-27/h1-8,11-20,23-24H,9-10,21-22,36H2. The number of nitrogens with two attached hydrogens (primary N) is 1. The minimum Gasteiger partial charge on any atom is -0.398 e. The van der Waals surface area contributed by atoms with E-state index in [0.29, 0.717) is 0 Å². The summed E-state index contributed by atoms with van der Waals surface area (Å²) in [6.07, 6.45) is 5.02. The number of hydrogen-bond donors (Lipinski definition) is 1. The lowest BCUT2D eigenvalue weighted by Gasteiger charge is -2.27. The molecule has 2 heteroatoms. The summed E-state index contributed by atoms with van der Waals surface area (Å²) in [6.45, 7) is 0. The third kappa shape index (κ3) is 3.48. The van der Waals surface area contributed by atoms with E-state index in [-0.39, 0.29) is 5.41 Å². The van der Waals surface area contributed by atoms with Gasteiger partial charge in [0.25, 0.3) is 0 Å². The number of benzene rings is 5. The molecule has 2 nitrogen and oxygen atoms in total. The lowest BCUT2D eigenvalue weighted by atomic mass is 9.76. The van der Waals surface area contributed by atoms with Crippen LogP contribution in [0, 0.1) is 0 Å². The Morgan fingerprint density at radius 2 is 1.08 bits per heavy atom. The van der Waals surface area contributed by atoms with E-state index in [0.717, 1.165) is 33.9 Å². The van der Waals surface area contributed by atoms with Gasteiger partial charge >= 0.3 is 0 Å². The summed E-state index contributed by atoms with van der Waals surface area (Å²) < 4.78 is 0. The van der Waals surface area contributed by atoms with Crippen molar-refractivity contribution < 1.29 is 0 Å². The SMILES string of the molecule is Nc1cc2c(cc1-c1ccc(N(c3ccccc3)c3ccccc3)cc1)-c1ccccc1C21CCCC1. The van der Waals surface area contributed by atoms with Crippen LogP contribution >= 0.6 is 0 Å². The van der Waals surface area contributed by atoms with Gasteiger partial charge in [-0.05, 0) is 89.2 Å². The molecule has 0 bridgehead atoms.